The number of nitrogens with zero attached hydrogens (tertiary/aromatic N) is 2. The summed E-state index contributed by atoms with van der Waals surface area (Å²) in [5, 5.41) is 10.8. The lowest BCUT2D eigenvalue weighted by molar-refractivity contribution is 0.603. The minimum Gasteiger partial charge on any atom is -0.368 e. The molecule has 0 spiro atoms. The molecule has 0 saturated heterocycles. The van der Waals surface area contributed by atoms with Crippen molar-refractivity contribution < 1.29 is 12.8 Å². The molecule has 3 aromatic rings. The van der Waals surface area contributed by atoms with Crippen LogP contribution in [0.1, 0.15) is 10.4 Å². The number of thiophene rings is 1. The van der Waals surface area contributed by atoms with Gasteiger partial charge in [0.1, 0.15) is 15.8 Å². The molecular weight excluding hydrogens is 375 g/mol. The van der Waals surface area contributed by atoms with Crippen LogP contribution in [0.2, 0.25) is 0 Å². The van der Waals surface area contributed by atoms with Crippen molar-refractivity contribution in [2.24, 2.45) is 0 Å². The number of benzene rings is 1. The third-order valence-electron chi connectivity index (χ3n) is 3.54. The number of rotatable bonds is 7. The zero-order chi connectivity index (χ0) is 18.6. The van der Waals surface area contributed by atoms with Gasteiger partial charge >= 0.3 is 0 Å². The summed E-state index contributed by atoms with van der Waals surface area (Å²) in [6.45, 7) is 2.32. The van der Waals surface area contributed by atoms with Gasteiger partial charge in [-0.1, -0.05) is 18.2 Å². The van der Waals surface area contributed by atoms with E-state index in [0.29, 0.717) is 24.3 Å². The first-order valence-electron chi connectivity index (χ1n) is 7.84. The Morgan fingerprint density at radius 1 is 1.04 bits per heavy atom. The highest BCUT2D eigenvalue weighted by molar-refractivity contribution is 7.94. The maximum atomic E-state index is 13.5. The van der Waals surface area contributed by atoms with Gasteiger partial charge in [0.15, 0.2) is 5.82 Å². The highest BCUT2D eigenvalue weighted by Crippen LogP contribution is 2.22. The number of hydrogen-bond acceptors (Lipinski definition) is 6. The molecule has 3 rings (SSSR count). The van der Waals surface area contributed by atoms with Crippen molar-refractivity contribution in [2.75, 3.05) is 16.6 Å². The number of hydrogen-bond donors (Lipinski definition) is 2. The van der Waals surface area contributed by atoms with Gasteiger partial charge in [-0.2, -0.15) is 0 Å². The van der Waals surface area contributed by atoms with Crippen molar-refractivity contribution in [3.05, 3.63) is 64.8 Å². The molecule has 9 heteroatoms. The van der Waals surface area contributed by atoms with E-state index in [1.165, 1.54) is 23.5 Å². The third-order valence-corrected chi connectivity index (χ3v) is 6.39. The highest BCUT2D eigenvalue weighted by atomic mass is 32.2. The molecule has 1 aromatic carbocycles. The van der Waals surface area contributed by atoms with E-state index in [-0.39, 0.29) is 15.8 Å². The summed E-state index contributed by atoms with van der Waals surface area (Å²) >= 11 is 1.19. The number of halogens is 1. The quantitative estimate of drug-likeness (QED) is 0.643. The Morgan fingerprint density at radius 2 is 1.77 bits per heavy atom. The molecule has 0 aliphatic carbocycles. The zero-order valence-electron chi connectivity index (χ0n) is 13.9. The lowest BCUT2D eigenvalue weighted by atomic mass is 10.1. The van der Waals surface area contributed by atoms with Crippen molar-refractivity contribution in [2.45, 2.75) is 17.6 Å². The van der Waals surface area contributed by atoms with Crippen LogP contribution in [0.3, 0.4) is 0 Å². The molecule has 0 atom stereocenters. The lowest BCUT2D eigenvalue weighted by Gasteiger charge is -2.08. The van der Waals surface area contributed by atoms with Crippen LogP contribution < -0.4 is 10.0 Å². The Morgan fingerprint density at radius 3 is 2.42 bits per heavy atom. The van der Waals surface area contributed by atoms with Gasteiger partial charge in [0.05, 0.1) is 0 Å². The van der Waals surface area contributed by atoms with E-state index < -0.39 is 10.0 Å². The monoisotopic (exact) mass is 392 g/mol. The van der Waals surface area contributed by atoms with Gasteiger partial charge in [-0.15, -0.1) is 21.5 Å². The second-order valence-electron chi connectivity index (χ2n) is 5.54. The lowest BCUT2D eigenvalue weighted by Crippen LogP contribution is -2.14. The first kappa shape index (κ1) is 18.3. The van der Waals surface area contributed by atoms with Gasteiger partial charge in [0.25, 0.3) is 10.0 Å². The summed E-state index contributed by atoms with van der Waals surface area (Å²) in [5.41, 5.74) is 0.614. The predicted octanol–water partition coefficient (Wildman–Crippen LogP) is 3.44. The van der Waals surface area contributed by atoms with Crippen LogP contribution in [0.4, 0.5) is 16.0 Å². The van der Waals surface area contributed by atoms with Gasteiger partial charge < -0.3 is 5.32 Å². The predicted molar refractivity (Wildman–Crippen MR) is 100 cm³/mol. The van der Waals surface area contributed by atoms with Crippen molar-refractivity contribution >= 4 is 33.0 Å². The minimum absolute atomic E-state index is 0.135. The standard InChI is InChI=1S/C17H17FN4O2S2/c1-12-6-9-17(25-12)26(23,24)22-16-8-7-15(20-21-16)19-11-10-13-4-2-3-5-14(13)18/h2-9H,10-11H2,1H3,(H,19,20)(H,21,22). The summed E-state index contributed by atoms with van der Waals surface area (Å²) in [5.74, 6) is 0.376. The molecule has 6 nitrogen and oxygen atoms in total. The molecule has 2 N–H and O–H groups in total. The summed E-state index contributed by atoms with van der Waals surface area (Å²) in [7, 11) is -3.66. The molecule has 26 heavy (non-hydrogen) atoms. The first-order valence-corrected chi connectivity index (χ1v) is 10.1. The summed E-state index contributed by atoms with van der Waals surface area (Å²) in [6.07, 6.45) is 0.500. The Bertz CT molecular complexity index is 988. The Hall–Kier alpha value is -2.52. The topological polar surface area (TPSA) is 84.0 Å². The maximum absolute atomic E-state index is 13.5. The van der Waals surface area contributed by atoms with Gasteiger partial charge in [0, 0.05) is 11.4 Å². The van der Waals surface area contributed by atoms with Crippen molar-refractivity contribution in [3.63, 3.8) is 0 Å². The Labute approximate surface area is 155 Å². The third kappa shape index (κ3) is 4.55. The van der Waals surface area contributed by atoms with E-state index >= 15 is 0 Å². The van der Waals surface area contributed by atoms with Gasteiger partial charge in [-0.05, 0) is 49.2 Å². The van der Waals surface area contributed by atoms with Crippen LogP contribution in [-0.2, 0) is 16.4 Å². The zero-order valence-corrected chi connectivity index (χ0v) is 15.6. The van der Waals surface area contributed by atoms with E-state index in [1.54, 1.807) is 36.4 Å². The van der Waals surface area contributed by atoms with E-state index in [2.05, 4.69) is 20.2 Å². The van der Waals surface area contributed by atoms with Gasteiger partial charge in [-0.3, -0.25) is 4.72 Å². The maximum Gasteiger partial charge on any atom is 0.272 e. The average Bonchev–Trinajstić information content (AvgIpc) is 3.05. The normalized spacial score (nSPS) is 11.3. The van der Waals surface area contributed by atoms with Crippen LogP contribution in [0, 0.1) is 12.7 Å². The van der Waals surface area contributed by atoms with Crippen molar-refractivity contribution in [3.8, 4) is 0 Å². The van der Waals surface area contributed by atoms with Crippen LogP contribution in [-0.4, -0.2) is 25.2 Å². The SMILES string of the molecule is Cc1ccc(S(=O)(=O)Nc2ccc(NCCc3ccccc3F)nn2)s1. The van der Waals surface area contributed by atoms with Gasteiger partial charge in [0.2, 0.25) is 0 Å². The molecule has 136 valence electrons. The van der Waals surface area contributed by atoms with Gasteiger partial charge in [-0.25, -0.2) is 12.8 Å². The van der Waals surface area contributed by atoms with Crippen molar-refractivity contribution in [1.29, 1.82) is 0 Å². The number of aromatic nitrogens is 2. The summed E-state index contributed by atoms with van der Waals surface area (Å²) in [6, 6.07) is 13.0. The number of anilines is 2. The van der Waals surface area contributed by atoms with Crippen LogP contribution >= 0.6 is 11.3 Å². The molecule has 0 fully saturated rings. The Kier molecular flexibility index (Phi) is 5.48. The molecule has 0 saturated carbocycles. The number of sulfonamides is 1. The van der Waals surface area contributed by atoms with E-state index in [1.807, 2.05) is 6.92 Å². The number of aryl methyl sites for hydroxylation is 1. The molecule has 0 unspecified atom stereocenters. The molecule has 0 radical (unpaired) electrons. The van der Waals surface area contributed by atoms with E-state index in [9.17, 15) is 12.8 Å². The highest BCUT2D eigenvalue weighted by Gasteiger charge is 2.17. The van der Waals surface area contributed by atoms with Crippen LogP contribution in [0.15, 0.2) is 52.7 Å². The van der Waals surface area contributed by atoms with E-state index in [4.69, 9.17) is 0 Å². The molecule has 0 bridgehead atoms. The summed E-state index contributed by atoms with van der Waals surface area (Å²) in [4.78, 5) is 0.908. The second-order valence-corrected chi connectivity index (χ2v) is 8.74. The fraction of sp³-hybridized carbons (Fsp3) is 0.176. The molecule has 0 aliphatic heterocycles. The van der Waals surface area contributed by atoms with Crippen LogP contribution in [0.25, 0.3) is 0 Å². The largest absolute Gasteiger partial charge is 0.368 e. The molecular formula is C17H17FN4O2S2. The second kappa shape index (κ2) is 7.79. The summed E-state index contributed by atoms with van der Waals surface area (Å²) < 4.78 is 40.7. The molecule has 2 aromatic heterocycles. The fourth-order valence-electron chi connectivity index (χ4n) is 2.25. The fourth-order valence-corrected chi connectivity index (χ4v) is 4.53. The van der Waals surface area contributed by atoms with Crippen molar-refractivity contribution in [1.82, 2.24) is 10.2 Å². The van der Waals surface area contributed by atoms with Crippen LogP contribution in [0.5, 0.6) is 0 Å². The molecule has 0 aliphatic rings. The minimum atomic E-state index is -3.66. The Balaban J connectivity index is 1.57. The number of nitrogens with one attached hydrogen (secondary N) is 2. The molecule has 2 heterocycles. The first-order chi connectivity index (χ1) is 12.4. The average molecular weight is 392 g/mol. The van der Waals surface area contributed by atoms with E-state index in [0.717, 1.165) is 4.88 Å². The smallest absolute Gasteiger partial charge is 0.272 e. The molecule has 0 amide bonds.